The first-order chi connectivity index (χ1) is 6.56. The van der Waals surface area contributed by atoms with Crippen molar-refractivity contribution < 1.29 is 4.74 Å². The van der Waals surface area contributed by atoms with Crippen molar-refractivity contribution in [3.8, 4) is 5.75 Å². The maximum atomic E-state index is 5.79. The van der Waals surface area contributed by atoms with Crippen molar-refractivity contribution >= 4 is 15.9 Å². The van der Waals surface area contributed by atoms with Gasteiger partial charge in [-0.3, -0.25) is 0 Å². The molecule has 0 aliphatic carbocycles. The van der Waals surface area contributed by atoms with Crippen LogP contribution in [0.3, 0.4) is 0 Å². The zero-order valence-electron chi connectivity index (χ0n) is 8.80. The van der Waals surface area contributed by atoms with E-state index in [2.05, 4.69) is 15.9 Å². The van der Waals surface area contributed by atoms with E-state index in [1.165, 1.54) is 0 Å². The minimum absolute atomic E-state index is 0.141. The summed E-state index contributed by atoms with van der Waals surface area (Å²) < 4.78 is 6.44. The molecule has 0 saturated carbocycles. The molecule has 0 bridgehead atoms. The number of hydrogen-bond donors (Lipinski definition) is 1. The van der Waals surface area contributed by atoms with Crippen LogP contribution in [0.15, 0.2) is 16.6 Å². The number of nitrogens with two attached hydrogens (primary N) is 1. The van der Waals surface area contributed by atoms with Crippen molar-refractivity contribution in [2.24, 2.45) is 5.73 Å². The monoisotopic (exact) mass is 257 g/mol. The zero-order chi connectivity index (χ0) is 10.7. The van der Waals surface area contributed by atoms with Gasteiger partial charge in [0.1, 0.15) is 5.75 Å². The Bertz CT molecular complexity index is 323. The van der Waals surface area contributed by atoms with E-state index in [4.69, 9.17) is 10.5 Å². The van der Waals surface area contributed by atoms with Gasteiger partial charge in [0, 0.05) is 16.1 Å². The number of benzene rings is 1. The number of ether oxygens (including phenoxy) is 1. The minimum atomic E-state index is 0.141. The summed E-state index contributed by atoms with van der Waals surface area (Å²) >= 11 is 3.52. The van der Waals surface area contributed by atoms with E-state index in [0.29, 0.717) is 0 Å². The number of hydrogen-bond acceptors (Lipinski definition) is 2. The normalized spacial score (nSPS) is 12.6. The van der Waals surface area contributed by atoms with Gasteiger partial charge in [0.2, 0.25) is 0 Å². The molecule has 1 unspecified atom stereocenters. The fraction of sp³-hybridized carbons (Fsp3) is 0.455. The smallest absolute Gasteiger partial charge is 0.126 e. The second kappa shape index (κ2) is 4.80. The van der Waals surface area contributed by atoms with Crippen molar-refractivity contribution in [1.82, 2.24) is 0 Å². The fourth-order valence-electron chi connectivity index (χ4n) is 1.52. The molecule has 0 aromatic heterocycles. The number of halogens is 1. The van der Waals surface area contributed by atoms with Crippen LogP contribution in [0.1, 0.15) is 18.1 Å². The van der Waals surface area contributed by atoms with Crippen LogP contribution in [0.4, 0.5) is 0 Å². The lowest BCUT2D eigenvalue weighted by atomic mass is 10.0. The van der Waals surface area contributed by atoms with Crippen LogP contribution in [0.5, 0.6) is 5.75 Å². The third-order valence-corrected chi connectivity index (χ3v) is 2.87. The van der Waals surface area contributed by atoms with E-state index in [1.54, 1.807) is 7.11 Å². The minimum Gasteiger partial charge on any atom is -0.496 e. The van der Waals surface area contributed by atoms with Crippen molar-refractivity contribution in [2.75, 3.05) is 7.11 Å². The van der Waals surface area contributed by atoms with E-state index in [-0.39, 0.29) is 6.04 Å². The molecular weight excluding hydrogens is 242 g/mol. The Balaban J connectivity index is 3.16. The molecule has 1 aromatic rings. The number of aryl methyl sites for hydroxylation is 1. The quantitative estimate of drug-likeness (QED) is 0.904. The Kier molecular flexibility index (Phi) is 3.96. The SMILES string of the molecule is COc1c(C)ccc(Br)c1CC(C)N. The fourth-order valence-corrected chi connectivity index (χ4v) is 1.99. The Hall–Kier alpha value is -0.540. The molecule has 1 rings (SSSR count). The van der Waals surface area contributed by atoms with E-state index in [1.807, 2.05) is 26.0 Å². The molecule has 1 aromatic carbocycles. The lowest BCUT2D eigenvalue weighted by Gasteiger charge is -2.14. The van der Waals surface area contributed by atoms with Gasteiger partial charge >= 0.3 is 0 Å². The van der Waals surface area contributed by atoms with Gasteiger partial charge < -0.3 is 10.5 Å². The largest absolute Gasteiger partial charge is 0.496 e. The van der Waals surface area contributed by atoms with Gasteiger partial charge in [-0.15, -0.1) is 0 Å². The van der Waals surface area contributed by atoms with Crippen LogP contribution in [0.2, 0.25) is 0 Å². The summed E-state index contributed by atoms with van der Waals surface area (Å²) in [5.41, 5.74) is 8.09. The highest BCUT2D eigenvalue weighted by Gasteiger charge is 2.11. The number of rotatable bonds is 3. The van der Waals surface area contributed by atoms with Gasteiger partial charge in [0.05, 0.1) is 7.11 Å². The summed E-state index contributed by atoms with van der Waals surface area (Å²) in [4.78, 5) is 0. The molecule has 0 aliphatic heterocycles. The Morgan fingerprint density at radius 3 is 2.64 bits per heavy atom. The van der Waals surface area contributed by atoms with Gasteiger partial charge in [-0.1, -0.05) is 22.0 Å². The highest BCUT2D eigenvalue weighted by atomic mass is 79.9. The van der Waals surface area contributed by atoms with Crippen LogP contribution < -0.4 is 10.5 Å². The second-order valence-corrected chi connectivity index (χ2v) is 4.41. The Morgan fingerprint density at radius 1 is 1.50 bits per heavy atom. The van der Waals surface area contributed by atoms with E-state index < -0.39 is 0 Å². The maximum Gasteiger partial charge on any atom is 0.126 e. The number of methoxy groups -OCH3 is 1. The summed E-state index contributed by atoms with van der Waals surface area (Å²) in [6.07, 6.45) is 0.825. The highest BCUT2D eigenvalue weighted by molar-refractivity contribution is 9.10. The molecule has 3 heteroatoms. The third kappa shape index (κ3) is 2.49. The van der Waals surface area contributed by atoms with Gasteiger partial charge in [-0.05, 0) is 31.9 Å². The standard InChI is InChI=1S/C11H16BrNO/c1-7-4-5-10(12)9(6-8(2)13)11(7)14-3/h4-5,8H,6,13H2,1-3H3. The lowest BCUT2D eigenvalue weighted by molar-refractivity contribution is 0.405. The summed E-state index contributed by atoms with van der Waals surface area (Å²) in [5, 5.41) is 0. The second-order valence-electron chi connectivity index (χ2n) is 3.56. The molecule has 2 N–H and O–H groups in total. The first-order valence-electron chi connectivity index (χ1n) is 4.63. The topological polar surface area (TPSA) is 35.2 Å². The molecule has 2 nitrogen and oxygen atoms in total. The Morgan fingerprint density at radius 2 is 2.14 bits per heavy atom. The van der Waals surface area contributed by atoms with Crippen LogP contribution in [-0.2, 0) is 6.42 Å². The molecule has 0 amide bonds. The maximum absolute atomic E-state index is 5.79. The predicted molar refractivity (Wildman–Crippen MR) is 62.8 cm³/mol. The van der Waals surface area contributed by atoms with Crippen LogP contribution >= 0.6 is 15.9 Å². The Labute approximate surface area is 93.6 Å². The molecule has 0 heterocycles. The lowest BCUT2D eigenvalue weighted by Crippen LogP contribution is -2.18. The van der Waals surface area contributed by atoms with Crippen molar-refractivity contribution in [3.05, 3.63) is 27.7 Å². The van der Waals surface area contributed by atoms with E-state index in [9.17, 15) is 0 Å². The van der Waals surface area contributed by atoms with Gasteiger partial charge in [-0.2, -0.15) is 0 Å². The molecular formula is C11H16BrNO. The summed E-state index contributed by atoms with van der Waals surface area (Å²) in [6, 6.07) is 4.21. The van der Waals surface area contributed by atoms with Gasteiger partial charge in [0.15, 0.2) is 0 Å². The molecule has 0 spiro atoms. The predicted octanol–water partition coefficient (Wildman–Crippen LogP) is 2.66. The first kappa shape index (κ1) is 11.5. The molecule has 0 radical (unpaired) electrons. The molecule has 1 atom stereocenters. The van der Waals surface area contributed by atoms with Crippen molar-refractivity contribution in [1.29, 1.82) is 0 Å². The zero-order valence-corrected chi connectivity index (χ0v) is 10.4. The van der Waals surface area contributed by atoms with Gasteiger partial charge in [-0.25, -0.2) is 0 Å². The average molecular weight is 258 g/mol. The van der Waals surface area contributed by atoms with Crippen molar-refractivity contribution in [2.45, 2.75) is 26.3 Å². The molecule has 0 saturated heterocycles. The summed E-state index contributed by atoms with van der Waals surface area (Å²) in [7, 11) is 1.69. The summed E-state index contributed by atoms with van der Waals surface area (Å²) in [6.45, 7) is 4.03. The molecule has 0 aliphatic rings. The van der Waals surface area contributed by atoms with Gasteiger partial charge in [0.25, 0.3) is 0 Å². The van der Waals surface area contributed by atoms with Crippen molar-refractivity contribution in [3.63, 3.8) is 0 Å². The molecule has 14 heavy (non-hydrogen) atoms. The van der Waals surface area contributed by atoms with Crippen LogP contribution in [0.25, 0.3) is 0 Å². The van der Waals surface area contributed by atoms with Crippen LogP contribution in [0, 0.1) is 6.92 Å². The molecule has 0 fully saturated rings. The molecule has 78 valence electrons. The average Bonchev–Trinajstić information content (AvgIpc) is 2.11. The van der Waals surface area contributed by atoms with E-state index >= 15 is 0 Å². The first-order valence-corrected chi connectivity index (χ1v) is 5.43. The third-order valence-electron chi connectivity index (χ3n) is 2.13. The summed E-state index contributed by atoms with van der Waals surface area (Å²) in [5.74, 6) is 0.941. The van der Waals surface area contributed by atoms with E-state index in [0.717, 1.165) is 27.8 Å². The highest BCUT2D eigenvalue weighted by Crippen LogP contribution is 2.31. The van der Waals surface area contributed by atoms with Crippen LogP contribution in [-0.4, -0.2) is 13.2 Å².